The molecule has 150 valence electrons. The number of benzene rings is 1. The molecule has 0 aliphatic carbocycles. The summed E-state index contributed by atoms with van der Waals surface area (Å²) in [4.78, 5) is 26.3. The Labute approximate surface area is 178 Å². The lowest BCUT2D eigenvalue weighted by Crippen LogP contribution is -2.53. The summed E-state index contributed by atoms with van der Waals surface area (Å²) in [5.74, 6) is 0.123. The molecular weight excluding hydrogens is 444 g/mol. The summed E-state index contributed by atoms with van der Waals surface area (Å²) in [6.45, 7) is 10.2. The van der Waals surface area contributed by atoms with Gasteiger partial charge in [0.15, 0.2) is 16.6 Å². The molecule has 0 spiro atoms. The Hall–Kier alpha value is -2.19. The van der Waals surface area contributed by atoms with E-state index in [-0.39, 0.29) is 23.3 Å². The van der Waals surface area contributed by atoms with Gasteiger partial charge in [-0.25, -0.2) is 0 Å². The summed E-state index contributed by atoms with van der Waals surface area (Å²) in [6.07, 6.45) is 3.93. The number of halogens is 1. The van der Waals surface area contributed by atoms with Crippen LogP contribution in [0.4, 0.5) is 0 Å². The highest BCUT2D eigenvalue weighted by atomic mass is 79.9. The molecule has 0 bridgehead atoms. The predicted octanol–water partition coefficient (Wildman–Crippen LogP) is 3.84. The molecule has 1 aliphatic rings. The molecule has 28 heavy (non-hydrogen) atoms. The third-order valence-electron chi connectivity index (χ3n) is 4.06. The molecule has 1 saturated heterocycles. The van der Waals surface area contributed by atoms with Crippen molar-refractivity contribution in [2.75, 3.05) is 13.2 Å². The van der Waals surface area contributed by atoms with Crippen molar-refractivity contribution in [3.8, 4) is 11.5 Å². The maximum absolute atomic E-state index is 12.7. The fourth-order valence-corrected chi connectivity index (χ4v) is 3.15. The first-order valence-electron chi connectivity index (χ1n) is 8.95. The van der Waals surface area contributed by atoms with Crippen LogP contribution in [0.1, 0.15) is 32.8 Å². The Morgan fingerprint density at radius 1 is 1.32 bits per heavy atom. The lowest BCUT2D eigenvalue weighted by atomic mass is 10.1. The van der Waals surface area contributed by atoms with E-state index in [1.165, 1.54) is 11.0 Å². The molecule has 0 aromatic heterocycles. The van der Waals surface area contributed by atoms with E-state index in [0.717, 1.165) is 6.42 Å². The second-order valence-corrected chi connectivity index (χ2v) is 7.35. The third-order valence-corrected chi connectivity index (χ3v) is 5.07. The van der Waals surface area contributed by atoms with Crippen LogP contribution in [0.5, 0.6) is 11.5 Å². The summed E-state index contributed by atoms with van der Waals surface area (Å²) in [5, 5.41) is 2.60. The Morgan fingerprint density at radius 3 is 2.64 bits per heavy atom. The average Bonchev–Trinajstić information content (AvgIpc) is 2.65. The molecule has 8 heteroatoms. The number of ether oxygens (including phenoxy) is 2. The summed E-state index contributed by atoms with van der Waals surface area (Å²) in [6, 6.07) is 3.52. The topological polar surface area (TPSA) is 67.9 Å². The molecule has 6 nitrogen and oxygen atoms in total. The number of nitrogens with one attached hydrogen (secondary N) is 1. The summed E-state index contributed by atoms with van der Waals surface area (Å²) < 4.78 is 12.3. The second kappa shape index (κ2) is 9.84. The Kier molecular flexibility index (Phi) is 7.77. The quantitative estimate of drug-likeness (QED) is 0.272. The van der Waals surface area contributed by atoms with Crippen molar-refractivity contribution in [2.45, 2.75) is 33.3 Å². The molecular formula is C20H23BrN2O4S. The van der Waals surface area contributed by atoms with Crippen LogP contribution < -0.4 is 14.8 Å². The molecule has 0 radical (unpaired) electrons. The molecule has 1 atom stereocenters. The van der Waals surface area contributed by atoms with E-state index in [2.05, 4.69) is 27.8 Å². The zero-order valence-electron chi connectivity index (χ0n) is 16.1. The van der Waals surface area contributed by atoms with Gasteiger partial charge in [0.1, 0.15) is 5.57 Å². The monoisotopic (exact) mass is 466 g/mol. The molecule has 1 aliphatic heterocycles. The second-order valence-electron chi connectivity index (χ2n) is 6.11. The van der Waals surface area contributed by atoms with Gasteiger partial charge < -0.3 is 9.47 Å². The number of hydrogen-bond acceptors (Lipinski definition) is 5. The summed E-state index contributed by atoms with van der Waals surface area (Å²) in [5.41, 5.74) is 0.596. The van der Waals surface area contributed by atoms with E-state index in [9.17, 15) is 9.59 Å². The number of thiocarbonyl (C=S) groups is 1. The first-order valence-corrected chi connectivity index (χ1v) is 10.1. The van der Waals surface area contributed by atoms with Crippen molar-refractivity contribution in [1.29, 1.82) is 0 Å². The minimum atomic E-state index is -0.542. The normalized spacial score (nSPS) is 16.8. The minimum absolute atomic E-state index is 0.0193. The smallest absolute Gasteiger partial charge is 0.265 e. The lowest BCUT2D eigenvalue weighted by Gasteiger charge is -2.27. The van der Waals surface area contributed by atoms with Gasteiger partial charge >= 0.3 is 0 Å². The van der Waals surface area contributed by atoms with Gasteiger partial charge in [-0.2, -0.15) is 0 Å². The fourth-order valence-electron chi connectivity index (χ4n) is 2.47. The zero-order chi connectivity index (χ0) is 20.8. The van der Waals surface area contributed by atoms with Gasteiger partial charge in [-0.3, -0.25) is 19.8 Å². The van der Waals surface area contributed by atoms with Crippen molar-refractivity contribution in [3.05, 3.63) is 40.4 Å². The highest BCUT2D eigenvalue weighted by molar-refractivity contribution is 9.10. The van der Waals surface area contributed by atoms with Crippen LogP contribution in [0.3, 0.4) is 0 Å². The van der Waals surface area contributed by atoms with Crippen molar-refractivity contribution < 1.29 is 19.1 Å². The molecule has 1 heterocycles. The first-order chi connectivity index (χ1) is 13.3. The van der Waals surface area contributed by atoms with E-state index in [4.69, 9.17) is 21.7 Å². The number of nitrogens with zero attached hydrogens (tertiary/aromatic N) is 1. The van der Waals surface area contributed by atoms with Crippen LogP contribution in [-0.2, 0) is 9.59 Å². The SMILES string of the molecule is C=CCN1C(=O)/C(=C/c2cc(OCC)c(O[C@@H](C)CC)cc2Br)C(=O)NC1=S. The van der Waals surface area contributed by atoms with Gasteiger partial charge in [0.05, 0.1) is 12.7 Å². The van der Waals surface area contributed by atoms with Crippen molar-refractivity contribution >= 4 is 51.2 Å². The maximum atomic E-state index is 12.7. The lowest BCUT2D eigenvalue weighted by molar-refractivity contribution is -0.128. The van der Waals surface area contributed by atoms with Crippen LogP contribution in [-0.4, -0.2) is 41.1 Å². The van der Waals surface area contributed by atoms with Gasteiger partial charge in [0.2, 0.25) is 0 Å². The summed E-state index contributed by atoms with van der Waals surface area (Å²) >= 11 is 8.56. The van der Waals surface area contributed by atoms with Crippen molar-refractivity contribution in [3.63, 3.8) is 0 Å². The third kappa shape index (κ3) is 4.99. The Morgan fingerprint density at radius 2 is 2.04 bits per heavy atom. The Bertz CT molecular complexity index is 838. The predicted molar refractivity (Wildman–Crippen MR) is 116 cm³/mol. The van der Waals surface area contributed by atoms with E-state index in [1.54, 1.807) is 18.2 Å². The average molecular weight is 467 g/mol. The fraction of sp³-hybridized carbons (Fsp3) is 0.350. The highest BCUT2D eigenvalue weighted by Gasteiger charge is 2.32. The van der Waals surface area contributed by atoms with Crippen LogP contribution in [0.15, 0.2) is 34.8 Å². The number of amides is 2. The maximum Gasteiger partial charge on any atom is 0.265 e. The van der Waals surface area contributed by atoms with Crippen LogP contribution in [0, 0.1) is 0 Å². The standard InChI is InChI=1S/C20H23BrN2O4S/c1-5-8-23-19(25)14(18(24)22-20(23)28)9-13-10-16(26-7-3)17(11-15(13)21)27-12(4)6-2/h5,9-12H,1,6-8H2,2-4H3,(H,22,24,28)/b14-9+/t12-/m0/s1. The first kappa shape index (κ1) is 22.1. The van der Waals surface area contributed by atoms with Gasteiger partial charge in [-0.05, 0) is 56.3 Å². The van der Waals surface area contributed by atoms with E-state index in [1.807, 2.05) is 20.8 Å². The van der Waals surface area contributed by atoms with Crippen LogP contribution in [0.25, 0.3) is 6.08 Å². The Balaban J connectivity index is 2.47. The number of hydrogen-bond donors (Lipinski definition) is 1. The number of rotatable bonds is 8. The summed E-state index contributed by atoms with van der Waals surface area (Å²) in [7, 11) is 0. The van der Waals surface area contributed by atoms with Crippen molar-refractivity contribution in [1.82, 2.24) is 10.2 Å². The highest BCUT2D eigenvalue weighted by Crippen LogP contribution is 2.36. The van der Waals surface area contributed by atoms with Gasteiger partial charge in [-0.1, -0.05) is 28.9 Å². The van der Waals surface area contributed by atoms with Crippen molar-refractivity contribution in [2.24, 2.45) is 0 Å². The van der Waals surface area contributed by atoms with Gasteiger partial charge in [0, 0.05) is 11.0 Å². The van der Waals surface area contributed by atoms with E-state index in [0.29, 0.717) is 28.1 Å². The minimum Gasteiger partial charge on any atom is -0.490 e. The number of carbonyl (C=O) groups is 2. The molecule has 2 rings (SSSR count). The van der Waals surface area contributed by atoms with Gasteiger partial charge in [-0.15, -0.1) is 6.58 Å². The largest absolute Gasteiger partial charge is 0.490 e. The van der Waals surface area contributed by atoms with Gasteiger partial charge in [0.25, 0.3) is 11.8 Å². The van der Waals surface area contributed by atoms with E-state index >= 15 is 0 Å². The number of carbonyl (C=O) groups excluding carboxylic acids is 2. The molecule has 2 amide bonds. The van der Waals surface area contributed by atoms with E-state index < -0.39 is 11.8 Å². The van der Waals surface area contributed by atoms with Crippen LogP contribution >= 0.6 is 28.1 Å². The molecule has 0 saturated carbocycles. The molecule has 1 aromatic carbocycles. The zero-order valence-corrected chi connectivity index (χ0v) is 18.5. The van der Waals surface area contributed by atoms with Crippen LogP contribution in [0.2, 0.25) is 0 Å². The molecule has 1 aromatic rings. The molecule has 1 fully saturated rings. The molecule has 0 unspecified atom stereocenters. The molecule has 1 N–H and O–H groups in total.